The summed E-state index contributed by atoms with van der Waals surface area (Å²) in [6.07, 6.45) is 1.56. The van der Waals surface area contributed by atoms with E-state index in [1.165, 1.54) is 0 Å². The zero-order valence-corrected chi connectivity index (χ0v) is 14.9. The van der Waals surface area contributed by atoms with Gasteiger partial charge in [0.15, 0.2) is 12.9 Å². The molecule has 1 heterocycles. The number of hydrogen-bond acceptors (Lipinski definition) is 5. The number of nitrogens with zero attached hydrogens (tertiary/aromatic N) is 1. The Hall–Kier alpha value is -3.15. The molecule has 0 unspecified atom stereocenters. The van der Waals surface area contributed by atoms with Crippen LogP contribution in [0, 0.1) is 0 Å². The number of amides is 1. The normalized spacial score (nSPS) is 14.4. The van der Waals surface area contributed by atoms with Crippen LogP contribution < -0.4 is 4.74 Å². The van der Waals surface area contributed by atoms with Gasteiger partial charge in [0.2, 0.25) is 6.10 Å². The Balaban J connectivity index is 1.68. The molecule has 2 aromatic carbocycles. The highest BCUT2D eigenvalue weighted by Crippen LogP contribution is 2.23. The first kappa shape index (κ1) is 18.6. The SMILES string of the molecule is O=Cc1ccccc1OCC(=O)O[C@@H](C(=O)N1CCCC1)c1ccccc1. The number of ether oxygens (including phenoxy) is 2. The van der Waals surface area contributed by atoms with E-state index in [4.69, 9.17) is 9.47 Å². The van der Waals surface area contributed by atoms with Gasteiger partial charge in [-0.05, 0) is 25.0 Å². The van der Waals surface area contributed by atoms with Crippen LogP contribution in [0.2, 0.25) is 0 Å². The van der Waals surface area contributed by atoms with Crippen molar-refractivity contribution in [2.24, 2.45) is 0 Å². The highest BCUT2D eigenvalue weighted by molar-refractivity contribution is 5.85. The summed E-state index contributed by atoms with van der Waals surface area (Å²) in [4.78, 5) is 37.9. The lowest BCUT2D eigenvalue weighted by Gasteiger charge is -2.23. The summed E-state index contributed by atoms with van der Waals surface area (Å²) in [6, 6.07) is 15.5. The monoisotopic (exact) mass is 367 g/mol. The largest absolute Gasteiger partial charge is 0.481 e. The van der Waals surface area contributed by atoms with Crippen molar-refractivity contribution >= 4 is 18.2 Å². The van der Waals surface area contributed by atoms with Crippen LogP contribution in [0.15, 0.2) is 54.6 Å². The van der Waals surface area contributed by atoms with E-state index in [2.05, 4.69) is 0 Å². The van der Waals surface area contributed by atoms with Gasteiger partial charge in [-0.1, -0.05) is 42.5 Å². The summed E-state index contributed by atoms with van der Waals surface area (Å²) in [5.74, 6) is -0.593. The molecule has 0 bridgehead atoms. The Morgan fingerprint density at radius 1 is 1.00 bits per heavy atom. The van der Waals surface area contributed by atoms with E-state index >= 15 is 0 Å². The molecule has 1 amide bonds. The van der Waals surface area contributed by atoms with Crippen molar-refractivity contribution in [3.05, 3.63) is 65.7 Å². The number of hydrogen-bond donors (Lipinski definition) is 0. The first-order valence-corrected chi connectivity index (χ1v) is 8.89. The Bertz CT molecular complexity index is 799. The zero-order chi connectivity index (χ0) is 19.1. The molecule has 140 valence electrons. The predicted molar refractivity (Wildman–Crippen MR) is 98.4 cm³/mol. The van der Waals surface area contributed by atoms with Crippen molar-refractivity contribution in [2.75, 3.05) is 19.7 Å². The maximum atomic E-state index is 12.8. The Kier molecular flexibility index (Phi) is 6.20. The average molecular weight is 367 g/mol. The van der Waals surface area contributed by atoms with Gasteiger partial charge in [-0.25, -0.2) is 4.79 Å². The number of carbonyl (C=O) groups is 3. The third-order valence-electron chi connectivity index (χ3n) is 4.39. The van der Waals surface area contributed by atoms with E-state index in [1.807, 2.05) is 6.07 Å². The summed E-state index contributed by atoms with van der Waals surface area (Å²) < 4.78 is 10.9. The first-order chi connectivity index (χ1) is 13.2. The molecule has 27 heavy (non-hydrogen) atoms. The van der Waals surface area contributed by atoms with Crippen LogP contribution in [0.3, 0.4) is 0 Å². The minimum atomic E-state index is -0.998. The van der Waals surface area contributed by atoms with E-state index in [0.717, 1.165) is 12.8 Å². The van der Waals surface area contributed by atoms with Crippen LogP contribution in [0.1, 0.15) is 34.9 Å². The Labute approximate surface area is 157 Å². The van der Waals surface area contributed by atoms with Gasteiger partial charge in [-0.3, -0.25) is 9.59 Å². The third-order valence-corrected chi connectivity index (χ3v) is 4.39. The molecule has 0 aliphatic carbocycles. The highest BCUT2D eigenvalue weighted by Gasteiger charge is 2.31. The van der Waals surface area contributed by atoms with Gasteiger partial charge in [0.25, 0.3) is 5.91 Å². The molecule has 0 spiro atoms. The summed E-state index contributed by atoms with van der Waals surface area (Å²) in [7, 11) is 0. The molecular weight excluding hydrogens is 346 g/mol. The number of rotatable bonds is 7. The Morgan fingerprint density at radius 2 is 1.67 bits per heavy atom. The van der Waals surface area contributed by atoms with E-state index in [9.17, 15) is 14.4 Å². The number of esters is 1. The number of likely N-dealkylation sites (tertiary alicyclic amines) is 1. The molecule has 0 N–H and O–H groups in total. The predicted octanol–water partition coefficient (Wildman–Crippen LogP) is 2.78. The molecule has 1 fully saturated rings. The first-order valence-electron chi connectivity index (χ1n) is 8.89. The summed E-state index contributed by atoms with van der Waals surface area (Å²) in [5, 5.41) is 0. The summed E-state index contributed by atoms with van der Waals surface area (Å²) >= 11 is 0. The smallest absolute Gasteiger partial charge is 0.345 e. The van der Waals surface area contributed by atoms with E-state index in [0.29, 0.717) is 36.3 Å². The fraction of sp³-hybridized carbons (Fsp3) is 0.286. The van der Waals surface area contributed by atoms with E-state index < -0.39 is 12.1 Å². The van der Waals surface area contributed by atoms with Crippen molar-refractivity contribution in [1.82, 2.24) is 4.90 Å². The van der Waals surface area contributed by atoms with Crippen molar-refractivity contribution < 1.29 is 23.9 Å². The van der Waals surface area contributed by atoms with Crippen molar-refractivity contribution in [3.63, 3.8) is 0 Å². The van der Waals surface area contributed by atoms with Crippen molar-refractivity contribution in [3.8, 4) is 5.75 Å². The van der Waals surface area contributed by atoms with E-state index in [-0.39, 0.29) is 12.5 Å². The minimum Gasteiger partial charge on any atom is -0.481 e. The zero-order valence-electron chi connectivity index (χ0n) is 14.9. The van der Waals surface area contributed by atoms with Gasteiger partial charge in [-0.15, -0.1) is 0 Å². The molecule has 1 atom stereocenters. The van der Waals surface area contributed by atoms with Crippen LogP contribution in [-0.2, 0) is 14.3 Å². The number of aldehydes is 1. The van der Waals surface area contributed by atoms with Crippen LogP contribution in [0.4, 0.5) is 0 Å². The van der Waals surface area contributed by atoms with Crippen LogP contribution in [0.5, 0.6) is 5.75 Å². The van der Waals surface area contributed by atoms with E-state index in [1.54, 1.807) is 53.4 Å². The number of para-hydroxylation sites is 1. The lowest BCUT2D eigenvalue weighted by Crippen LogP contribution is -2.35. The van der Waals surface area contributed by atoms with Crippen molar-refractivity contribution in [1.29, 1.82) is 0 Å². The fourth-order valence-electron chi connectivity index (χ4n) is 3.00. The topological polar surface area (TPSA) is 72.9 Å². The average Bonchev–Trinajstić information content (AvgIpc) is 3.25. The van der Waals surface area contributed by atoms with Gasteiger partial charge < -0.3 is 14.4 Å². The summed E-state index contributed by atoms with van der Waals surface area (Å²) in [6.45, 7) is 0.952. The molecule has 1 aliphatic rings. The lowest BCUT2D eigenvalue weighted by molar-refractivity contribution is -0.162. The molecule has 0 radical (unpaired) electrons. The Morgan fingerprint density at radius 3 is 2.37 bits per heavy atom. The van der Waals surface area contributed by atoms with Gasteiger partial charge in [-0.2, -0.15) is 0 Å². The third kappa shape index (κ3) is 4.73. The van der Waals surface area contributed by atoms with Gasteiger partial charge in [0, 0.05) is 18.7 Å². The number of carbonyl (C=O) groups excluding carboxylic acids is 3. The lowest BCUT2D eigenvalue weighted by atomic mass is 10.1. The highest BCUT2D eigenvalue weighted by atomic mass is 16.6. The standard InChI is InChI=1S/C21H21NO5/c23-14-17-10-4-5-11-18(17)26-15-19(24)27-20(16-8-2-1-3-9-16)21(25)22-12-6-7-13-22/h1-5,8-11,14,20H,6-7,12-13,15H2/t20-/m1/s1. The molecule has 1 saturated heterocycles. The van der Waals surface area contributed by atoms with Crippen LogP contribution in [0.25, 0.3) is 0 Å². The molecule has 6 heteroatoms. The minimum absolute atomic E-state index is 0.222. The van der Waals surface area contributed by atoms with Crippen molar-refractivity contribution in [2.45, 2.75) is 18.9 Å². The van der Waals surface area contributed by atoms with Gasteiger partial charge in [0.1, 0.15) is 5.75 Å². The summed E-state index contributed by atoms with van der Waals surface area (Å²) in [5.41, 5.74) is 0.967. The van der Waals surface area contributed by atoms with Crippen LogP contribution in [-0.4, -0.2) is 42.8 Å². The fourth-order valence-corrected chi connectivity index (χ4v) is 3.00. The van der Waals surface area contributed by atoms with Gasteiger partial charge in [0.05, 0.1) is 5.56 Å². The molecule has 2 aromatic rings. The van der Waals surface area contributed by atoms with Gasteiger partial charge >= 0.3 is 5.97 Å². The second kappa shape index (κ2) is 8.98. The molecule has 6 nitrogen and oxygen atoms in total. The molecule has 0 aromatic heterocycles. The maximum Gasteiger partial charge on any atom is 0.345 e. The number of benzene rings is 2. The molecule has 3 rings (SSSR count). The second-order valence-electron chi connectivity index (χ2n) is 6.26. The quantitative estimate of drug-likeness (QED) is 0.556. The molecule has 0 saturated carbocycles. The molecular formula is C21H21NO5. The van der Waals surface area contributed by atoms with Crippen LogP contribution >= 0.6 is 0 Å². The maximum absolute atomic E-state index is 12.8. The molecule has 1 aliphatic heterocycles. The second-order valence-corrected chi connectivity index (χ2v) is 6.26.